The van der Waals surface area contributed by atoms with Crippen molar-refractivity contribution in [3.63, 3.8) is 0 Å². The third-order valence-corrected chi connectivity index (χ3v) is 4.05. The first-order valence-corrected chi connectivity index (χ1v) is 6.29. The minimum atomic E-state index is -0.519. The number of methoxy groups -OCH3 is 1. The molecule has 1 atom stereocenters. The summed E-state index contributed by atoms with van der Waals surface area (Å²) in [6, 6.07) is 4.91. The fourth-order valence-corrected chi connectivity index (χ4v) is 2.72. The van der Waals surface area contributed by atoms with Gasteiger partial charge in [0.25, 0.3) is 0 Å². The molecule has 1 saturated heterocycles. The Morgan fingerprint density at radius 2 is 2.22 bits per heavy atom. The summed E-state index contributed by atoms with van der Waals surface area (Å²) in [6.07, 6.45) is 2.59. The van der Waals surface area contributed by atoms with Gasteiger partial charge in [-0.3, -0.25) is 4.79 Å². The Bertz CT molecular complexity index is 493. The molecule has 0 radical (unpaired) electrons. The molecule has 0 bridgehead atoms. The standard InChI is InChI=1S/C14H16FNO2/c1-18-13(17)14(5-6-14)11-3-2-9(15)8-10(11)12-4-7-16-12/h2-3,8,12,16H,4-7H2,1H3. The average Bonchev–Trinajstić information content (AvgIpc) is 3.07. The van der Waals surface area contributed by atoms with Gasteiger partial charge in [-0.05, 0) is 49.1 Å². The van der Waals surface area contributed by atoms with Gasteiger partial charge < -0.3 is 10.1 Å². The lowest BCUT2D eigenvalue weighted by atomic mass is 9.85. The number of hydrogen-bond donors (Lipinski definition) is 1. The highest BCUT2D eigenvalue weighted by molar-refractivity contribution is 5.87. The van der Waals surface area contributed by atoms with E-state index in [4.69, 9.17) is 4.74 Å². The van der Waals surface area contributed by atoms with Crippen molar-refractivity contribution in [2.45, 2.75) is 30.7 Å². The maximum atomic E-state index is 13.4. The molecular weight excluding hydrogens is 233 g/mol. The number of ether oxygens (including phenoxy) is 1. The van der Waals surface area contributed by atoms with E-state index in [1.54, 1.807) is 12.1 Å². The van der Waals surface area contributed by atoms with Crippen molar-refractivity contribution in [3.05, 3.63) is 35.1 Å². The number of carbonyl (C=O) groups excluding carboxylic acids is 1. The van der Waals surface area contributed by atoms with Crippen molar-refractivity contribution in [2.24, 2.45) is 0 Å². The van der Waals surface area contributed by atoms with Gasteiger partial charge in [0.15, 0.2) is 0 Å². The zero-order valence-electron chi connectivity index (χ0n) is 10.3. The van der Waals surface area contributed by atoms with E-state index in [0.717, 1.165) is 36.9 Å². The topological polar surface area (TPSA) is 38.3 Å². The molecule has 2 fully saturated rings. The van der Waals surface area contributed by atoms with Crippen molar-refractivity contribution < 1.29 is 13.9 Å². The van der Waals surface area contributed by atoms with Gasteiger partial charge in [-0.2, -0.15) is 0 Å². The van der Waals surface area contributed by atoms with Gasteiger partial charge in [-0.25, -0.2) is 4.39 Å². The quantitative estimate of drug-likeness (QED) is 0.833. The summed E-state index contributed by atoms with van der Waals surface area (Å²) in [5, 5.41) is 3.27. The summed E-state index contributed by atoms with van der Waals surface area (Å²) in [6.45, 7) is 0.950. The molecule has 1 aromatic carbocycles. The summed E-state index contributed by atoms with van der Waals surface area (Å²) in [5.41, 5.74) is 1.34. The summed E-state index contributed by atoms with van der Waals surface area (Å²) in [5.74, 6) is -0.446. The number of esters is 1. The van der Waals surface area contributed by atoms with Crippen LogP contribution in [0.2, 0.25) is 0 Å². The molecule has 2 aliphatic rings. The van der Waals surface area contributed by atoms with Gasteiger partial charge >= 0.3 is 5.97 Å². The first kappa shape index (κ1) is 11.7. The van der Waals surface area contributed by atoms with Crippen LogP contribution >= 0.6 is 0 Å². The highest BCUT2D eigenvalue weighted by Gasteiger charge is 2.54. The van der Waals surface area contributed by atoms with Gasteiger partial charge in [-0.1, -0.05) is 6.07 Å². The van der Waals surface area contributed by atoms with Crippen molar-refractivity contribution in [3.8, 4) is 0 Å². The summed E-state index contributed by atoms with van der Waals surface area (Å²) in [4.78, 5) is 11.9. The summed E-state index contributed by atoms with van der Waals surface area (Å²) in [7, 11) is 1.41. The van der Waals surface area contributed by atoms with Gasteiger partial charge in [-0.15, -0.1) is 0 Å². The van der Waals surface area contributed by atoms with Crippen molar-refractivity contribution in [1.82, 2.24) is 5.32 Å². The molecule has 0 amide bonds. The molecule has 3 nitrogen and oxygen atoms in total. The number of nitrogens with one attached hydrogen (secondary N) is 1. The molecule has 1 heterocycles. The van der Waals surface area contributed by atoms with E-state index in [0.29, 0.717) is 0 Å². The highest BCUT2D eigenvalue weighted by atomic mass is 19.1. The smallest absolute Gasteiger partial charge is 0.316 e. The lowest BCUT2D eigenvalue weighted by Gasteiger charge is -2.31. The molecule has 1 aliphatic heterocycles. The van der Waals surface area contributed by atoms with Crippen LogP contribution in [-0.2, 0) is 14.9 Å². The molecule has 96 valence electrons. The molecule has 1 aliphatic carbocycles. The van der Waals surface area contributed by atoms with Crippen LogP contribution in [0.5, 0.6) is 0 Å². The first-order chi connectivity index (χ1) is 8.67. The van der Waals surface area contributed by atoms with Crippen LogP contribution in [0.1, 0.15) is 36.4 Å². The Kier molecular flexibility index (Phi) is 2.63. The predicted octanol–water partition coefficient (Wildman–Crippen LogP) is 2.06. The van der Waals surface area contributed by atoms with Gasteiger partial charge in [0.05, 0.1) is 12.5 Å². The number of hydrogen-bond acceptors (Lipinski definition) is 3. The molecule has 18 heavy (non-hydrogen) atoms. The van der Waals surface area contributed by atoms with Crippen LogP contribution in [0.3, 0.4) is 0 Å². The Morgan fingerprint density at radius 3 is 2.72 bits per heavy atom. The number of benzene rings is 1. The number of rotatable bonds is 3. The Morgan fingerprint density at radius 1 is 1.50 bits per heavy atom. The molecule has 0 aromatic heterocycles. The first-order valence-electron chi connectivity index (χ1n) is 6.29. The van der Waals surface area contributed by atoms with E-state index in [9.17, 15) is 9.18 Å². The zero-order chi connectivity index (χ0) is 12.8. The third kappa shape index (κ3) is 1.63. The Labute approximate surface area is 105 Å². The fourth-order valence-electron chi connectivity index (χ4n) is 2.72. The summed E-state index contributed by atoms with van der Waals surface area (Å²) < 4.78 is 18.3. The van der Waals surface area contributed by atoms with Crippen LogP contribution in [-0.4, -0.2) is 19.6 Å². The molecule has 1 aromatic rings. The van der Waals surface area contributed by atoms with E-state index >= 15 is 0 Å². The van der Waals surface area contributed by atoms with E-state index in [1.165, 1.54) is 13.2 Å². The molecule has 4 heteroatoms. The molecule has 1 unspecified atom stereocenters. The van der Waals surface area contributed by atoms with E-state index in [-0.39, 0.29) is 17.8 Å². The van der Waals surface area contributed by atoms with Gasteiger partial charge in [0, 0.05) is 6.04 Å². The van der Waals surface area contributed by atoms with Crippen LogP contribution in [0.15, 0.2) is 18.2 Å². The van der Waals surface area contributed by atoms with Crippen LogP contribution < -0.4 is 5.32 Å². The second-order valence-electron chi connectivity index (χ2n) is 5.10. The monoisotopic (exact) mass is 249 g/mol. The second-order valence-corrected chi connectivity index (χ2v) is 5.10. The van der Waals surface area contributed by atoms with Crippen LogP contribution in [0.25, 0.3) is 0 Å². The minimum Gasteiger partial charge on any atom is -0.468 e. The maximum absolute atomic E-state index is 13.4. The third-order valence-electron chi connectivity index (χ3n) is 4.05. The number of carbonyl (C=O) groups is 1. The van der Waals surface area contributed by atoms with Crippen LogP contribution in [0.4, 0.5) is 4.39 Å². The van der Waals surface area contributed by atoms with E-state index in [2.05, 4.69) is 5.32 Å². The van der Waals surface area contributed by atoms with Gasteiger partial charge in [0.1, 0.15) is 5.82 Å². The summed E-state index contributed by atoms with van der Waals surface area (Å²) >= 11 is 0. The number of halogens is 1. The highest BCUT2D eigenvalue weighted by Crippen LogP contribution is 2.51. The maximum Gasteiger partial charge on any atom is 0.316 e. The van der Waals surface area contributed by atoms with Crippen molar-refractivity contribution >= 4 is 5.97 Å². The van der Waals surface area contributed by atoms with Crippen LogP contribution in [0, 0.1) is 5.82 Å². The molecule has 3 rings (SSSR count). The average molecular weight is 249 g/mol. The Balaban J connectivity index is 2.03. The van der Waals surface area contributed by atoms with E-state index in [1.807, 2.05) is 0 Å². The SMILES string of the molecule is COC(=O)C1(c2ccc(F)cc2C2CCN2)CC1. The predicted molar refractivity (Wildman–Crippen MR) is 64.7 cm³/mol. The lowest BCUT2D eigenvalue weighted by Crippen LogP contribution is -2.37. The molecule has 0 spiro atoms. The zero-order valence-corrected chi connectivity index (χ0v) is 10.3. The fraction of sp³-hybridized carbons (Fsp3) is 0.500. The van der Waals surface area contributed by atoms with E-state index < -0.39 is 5.41 Å². The van der Waals surface area contributed by atoms with Crippen molar-refractivity contribution in [1.29, 1.82) is 0 Å². The largest absolute Gasteiger partial charge is 0.468 e. The second kappa shape index (κ2) is 4.05. The van der Waals surface area contributed by atoms with Gasteiger partial charge in [0.2, 0.25) is 0 Å². The normalized spacial score (nSPS) is 24.2. The molecule has 1 N–H and O–H groups in total. The molecular formula is C14H16FNO2. The molecule has 1 saturated carbocycles. The van der Waals surface area contributed by atoms with Crippen molar-refractivity contribution in [2.75, 3.05) is 13.7 Å². The Hall–Kier alpha value is -1.42. The minimum absolute atomic E-state index is 0.179. The lowest BCUT2D eigenvalue weighted by molar-refractivity contribution is -0.143.